The molecule has 12 heteroatoms. The zero-order valence-corrected chi connectivity index (χ0v) is 19.2. The Balaban J connectivity index is 1.91. The minimum atomic E-state index is -4.18. The molecule has 31 heavy (non-hydrogen) atoms. The van der Waals surface area contributed by atoms with Gasteiger partial charge in [-0.1, -0.05) is 37.3 Å². The van der Waals surface area contributed by atoms with E-state index < -0.39 is 31.4 Å². The van der Waals surface area contributed by atoms with Crippen LogP contribution in [0.1, 0.15) is 18.9 Å². The van der Waals surface area contributed by atoms with Crippen molar-refractivity contribution >= 4 is 37.2 Å². The van der Waals surface area contributed by atoms with Crippen LogP contribution in [0.2, 0.25) is 0 Å². The number of hydrogen-bond acceptors (Lipinski definition) is 7. The molecule has 0 amide bonds. The van der Waals surface area contributed by atoms with Crippen LogP contribution in [0.25, 0.3) is 5.00 Å². The monoisotopic (exact) mass is 483 g/mol. The third-order valence-electron chi connectivity index (χ3n) is 4.74. The van der Waals surface area contributed by atoms with Crippen molar-refractivity contribution < 1.29 is 26.7 Å². The Morgan fingerprint density at radius 2 is 1.84 bits per heavy atom. The van der Waals surface area contributed by atoms with E-state index >= 15 is 0 Å². The highest BCUT2D eigenvalue weighted by molar-refractivity contribution is 7.91. The van der Waals surface area contributed by atoms with Gasteiger partial charge in [0.2, 0.25) is 0 Å². The third-order valence-corrected chi connectivity index (χ3v) is 8.91. The summed E-state index contributed by atoms with van der Waals surface area (Å²) in [6, 6.07) is 11.6. The molecule has 9 nitrogen and oxygen atoms in total. The molecular weight excluding hydrogens is 462 g/mol. The summed E-state index contributed by atoms with van der Waals surface area (Å²) in [5.74, 6) is -1.27. The number of aliphatic carboxylic acids is 1. The van der Waals surface area contributed by atoms with E-state index in [2.05, 4.69) is 9.82 Å². The molecule has 0 saturated carbocycles. The van der Waals surface area contributed by atoms with Crippen molar-refractivity contribution in [3.63, 3.8) is 0 Å². The first-order chi connectivity index (χ1) is 14.5. The van der Waals surface area contributed by atoms with Gasteiger partial charge < -0.3 is 5.11 Å². The maximum Gasteiger partial charge on any atom is 0.325 e. The number of rotatable bonds is 9. The molecule has 0 bridgehead atoms. The number of sulfone groups is 1. The van der Waals surface area contributed by atoms with E-state index in [0.29, 0.717) is 10.6 Å². The molecule has 2 aromatic heterocycles. The van der Waals surface area contributed by atoms with E-state index in [4.69, 9.17) is 0 Å². The normalized spacial score (nSPS) is 14.3. The Morgan fingerprint density at radius 1 is 1.16 bits per heavy atom. The van der Waals surface area contributed by atoms with Crippen LogP contribution in [0.3, 0.4) is 0 Å². The lowest BCUT2D eigenvalue weighted by atomic mass is 9.89. The Bertz CT molecular complexity index is 1300. The fourth-order valence-electron chi connectivity index (χ4n) is 2.95. The highest BCUT2D eigenvalue weighted by Crippen LogP contribution is 2.28. The summed E-state index contributed by atoms with van der Waals surface area (Å²) in [4.78, 5) is 12.1. The summed E-state index contributed by atoms with van der Waals surface area (Å²) in [6.45, 7) is 1.61. The maximum absolute atomic E-state index is 13.0. The van der Waals surface area contributed by atoms with Gasteiger partial charge in [0, 0.05) is 12.7 Å². The van der Waals surface area contributed by atoms with E-state index in [1.165, 1.54) is 29.2 Å². The topological polar surface area (TPSA) is 135 Å². The van der Waals surface area contributed by atoms with E-state index in [1.54, 1.807) is 37.3 Å². The van der Waals surface area contributed by atoms with Crippen LogP contribution in [-0.2, 0) is 31.1 Å². The number of nitrogens with zero attached hydrogens (tertiary/aromatic N) is 2. The van der Waals surface area contributed by atoms with Crippen LogP contribution in [0.15, 0.2) is 64.0 Å². The molecule has 3 aromatic rings. The summed E-state index contributed by atoms with van der Waals surface area (Å²) in [6.07, 6.45) is 3.52. The average molecular weight is 484 g/mol. The SMILES string of the molecule is CC[C@@](Cc1ccccc1)(NS(=O)(=O)c1ccc(-n2cc(S(C)(=O)=O)cn2)s1)C(=O)O. The van der Waals surface area contributed by atoms with Gasteiger partial charge in [0.15, 0.2) is 9.84 Å². The molecule has 0 unspecified atom stereocenters. The Kier molecular flexibility index (Phi) is 6.37. The zero-order valence-electron chi connectivity index (χ0n) is 16.7. The number of hydrogen-bond donors (Lipinski definition) is 2. The molecule has 0 fully saturated rings. The molecule has 2 heterocycles. The second kappa shape index (κ2) is 8.54. The minimum absolute atomic E-state index is 0.00201. The van der Waals surface area contributed by atoms with E-state index in [9.17, 15) is 26.7 Å². The lowest BCUT2D eigenvalue weighted by Gasteiger charge is -2.29. The van der Waals surface area contributed by atoms with Crippen molar-refractivity contribution in [3.05, 3.63) is 60.4 Å². The molecule has 0 saturated heterocycles. The second-order valence-electron chi connectivity index (χ2n) is 6.99. The van der Waals surface area contributed by atoms with Gasteiger partial charge in [-0.25, -0.2) is 21.5 Å². The molecule has 1 atom stereocenters. The summed E-state index contributed by atoms with van der Waals surface area (Å²) in [7, 11) is -7.63. The van der Waals surface area contributed by atoms with Gasteiger partial charge in [0.05, 0.1) is 12.4 Å². The van der Waals surface area contributed by atoms with Gasteiger partial charge >= 0.3 is 5.97 Å². The van der Waals surface area contributed by atoms with Crippen molar-refractivity contribution in [2.75, 3.05) is 6.26 Å². The molecule has 0 radical (unpaired) electrons. The van der Waals surface area contributed by atoms with Gasteiger partial charge in [-0.05, 0) is 24.1 Å². The minimum Gasteiger partial charge on any atom is -0.480 e. The number of carboxylic acids is 1. The van der Waals surface area contributed by atoms with Crippen LogP contribution in [0.5, 0.6) is 0 Å². The first kappa shape index (κ1) is 23.1. The van der Waals surface area contributed by atoms with Crippen molar-refractivity contribution in [2.24, 2.45) is 0 Å². The quantitative estimate of drug-likeness (QED) is 0.476. The smallest absolute Gasteiger partial charge is 0.325 e. The van der Waals surface area contributed by atoms with Crippen molar-refractivity contribution in [1.82, 2.24) is 14.5 Å². The third kappa shape index (κ3) is 5.03. The number of carboxylic acid groups (broad SMARTS) is 1. The maximum atomic E-state index is 13.0. The number of carbonyl (C=O) groups is 1. The Morgan fingerprint density at radius 3 is 2.39 bits per heavy atom. The highest BCUT2D eigenvalue weighted by Gasteiger charge is 2.41. The Hall–Kier alpha value is -2.54. The van der Waals surface area contributed by atoms with Gasteiger partial charge in [0.25, 0.3) is 10.0 Å². The molecule has 166 valence electrons. The number of benzene rings is 1. The second-order valence-corrected chi connectivity index (χ2v) is 12.0. The molecule has 0 aliphatic heterocycles. The molecule has 2 N–H and O–H groups in total. The predicted molar refractivity (Wildman–Crippen MR) is 116 cm³/mol. The summed E-state index contributed by atoms with van der Waals surface area (Å²) in [5, 5.41) is 14.2. The number of aromatic nitrogens is 2. The fraction of sp³-hybridized carbons (Fsp3) is 0.263. The lowest BCUT2D eigenvalue weighted by molar-refractivity contribution is -0.144. The predicted octanol–water partition coefficient (Wildman–Crippen LogP) is 2.09. The molecular formula is C19H21N3O6S3. The first-order valence-corrected chi connectivity index (χ1v) is 13.3. The molecule has 0 spiro atoms. The van der Waals surface area contributed by atoms with E-state index in [0.717, 1.165) is 17.6 Å². The van der Waals surface area contributed by atoms with Crippen LogP contribution in [0.4, 0.5) is 0 Å². The molecule has 0 aliphatic carbocycles. The van der Waals surface area contributed by atoms with Crippen LogP contribution in [0, 0.1) is 0 Å². The van der Waals surface area contributed by atoms with Crippen LogP contribution < -0.4 is 4.72 Å². The van der Waals surface area contributed by atoms with Crippen molar-refractivity contribution in [3.8, 4) is 5.00 Å². The first-order valence-electron chi connectivity index (χ1n) is 9.13. The fourth-order valence-corrected chi connectivity index (χ4v) is 6.14. The summed E-state index contributed by atoms with van der Waals surface area (Å²) < 4.78 is 52.8. The summed E-state index contributed by atoms with van der Waals surface area (Å²) >= 11 is 0.848. The number of thiophene rings is 1. The number of nitrogens with one attached hydrogen (secondary N) is 1. The van der Waals surface area contributed by atoms with Gasteiger partial charge in [-0.15, -0.1) is 11.3 Å². The van der Waals surface area contributed by atoms with Crippen molar-refractivity contribution in [2.45, 2.75) is 34.4 Å². The van der Waals surface area contributed by atoms with Crippen molar-refractivity contribution in [1.29, 1.82) is 0 Å². The Labute approximate surface area is 184 Å². The average Bonchev–Trinajstić information content (AvgIpc) is 3.37. The van der Waals surface area contributed by atoms with Crippen LogP contribution in [-0.4, -0.2) is 49.5 Å². The van der Waals surface area contributed by atoms with Gasteiger partial charge in [0.1, 0.15) is 19.6 Å². The van der Waals surface area contributed by atoms with Crippen LogP contribution >= 0.6 is 11.3 Å². The van der Waals surface area contributed by atoms with Gasteiger partial charge in [-0.3, -0.25) is 4.79 Å². The molecule has 0 aliphatic rings. The standard InChI is InChI=1S/C19H21N3O6S3/c1-3-19(18(23)24,11-14-7-5-4-6-8-14)21-31(27,28)17-10-9-16(29-17)22-13-15(12-20-22)30(2,25)26/h4-10,12-13,21H,3,11H2,1-2H3,(H,23,24)/t19-/m0/s1. The largest absolute Gasteiger partial charge is 0.480 e. The molecule has 1 aromatic carbocycles. The van der Waals surface area contributed by atoms with E-state index in [-0.39, 0.29) is 21.9 Å². The van der Waals surface area contributed by atoms with E-state index in [1.807, 2.05) is 0 Å². The zero-order chi connectivity index (χ0) is 22.9. The summed E-state index contributed by atoms with van der Waals surface area (Å²) in [5.41, 5.74) is -1.04. The number of sulfonamides is 1. The molecule has 3 rings (SSSR count). The van der Waals surface area contributed by atoms with Gasteiger partial charge in [-0.2, -0.15) is 9.82 Å². The lowest BCUT2D eigenvalue weighted by Crippen LogP contribution is -2.55. The highest BCUT2D eigenvalue weighted by atomic mass is 32.2.